The number of carbonyl (C=O) groups excluding carboxylic acids is 1. The van der Waals surface area contributed by atoms with Gasteiger partial charge < -0.3 is 4.74 Å². The van der Waals surface area contributed by atoms with Crippen molar-refractivity contribution in [3.8, 4) is 11.8 Å². The number of halogens is 1. The Kier molecular flexibility index (Phi) is 5.02. The molecule has 146 valence electrons. The fourth-order valence-corrected chi connectivity index (χ4v) is 4.40. The van der Waals surface area contributed by atoms with Gasteiger partial charge in [0.1, 0.15) is 11.6 Å². The van der Waals surface area contributed by atoms with Crippen LogP contribution in [0.2, 0.25) is 0 Å². The Morgan fingerprint density at radius 1 is 1.14 bits per heavy atom. The quantitative estimate of drug-likeness (QED) is 0.749. The molecule has 0 saturated heterocycles. The molecule has 0 N–H and O–H groups in total. The standard InChI is InChI=1S/C24H21FN2O2/c1-14-20(13-26)23(16-4-3-5-18(25)10-16)24-21(27-14)11-17(12-22(24)28)15-6-8-19(29-2)9-7-15/h3-10,17,20,23H,11-12H2,1-2H3/t17-,20?,23-/m1/s1. The highest BCUT2D eigenvalue weighted by Crippen LogP contribution is 2.46. The second kappa shape index (κ2) is 7.63. The Morgan fingerprint density at radius 3 is 2.55 bits per heavy atom. The highest BCUT2D eigenvalue weighted by Gasteiger charge is 2.41. The Morgan fingerprint density at radius 2 is 1.90 bits per heavy atom. The van der Waals surface area contributed by atoms with Crippen LogP contribution in [0.4, 0.5) is 4.39 Å². The summed E-state index contributed by atoms with van der Waals surface area (Å²) in [6.07, 6.45) is 0.971. The molecule has 0 radical (unpaired) electrons. The highest BCUT2D eigenvalue weighted by atomic mass is 19.1. The van der Waals surface area contributed by atoms with Crippen molar-refractivity contribution in [2.75, 3.05) is 7.11 Å². The first kappa shape index (κ1) is 19.1. The molecular weight excluding hydrogens is 367 g/mol. The summed E-state index contributed by atoms with van der Waals surface area (Å²) in [7, 11) is 1.62. The lowest BCUT2D eigenvalue weighted by Crippen LogP contribution is -2.32. The fourth-order valence-electron chi connectivity index (χ4n) is 4.40. The van der Waals surface area contributed by atoms with Gasteiger partial charge in [0.05, 0.1) is 19.1 Å². The summed E-state index contributed by atoms with van der Waals surface area (Å²) in [5.74, 6) is -0.649. The van der Waals surface area contributed by atoms with Gasteiger partial charge in [-0.15, -0.1) is 0 Å². The summed E-state index contributed by atoms with van der Waals surface area (Å²) in [6.45, 7) is 1.81. The molecule has 1 unspecified atom stereocenters. The number of hydrogen-bond acceptors (Lipinski definition) is 4. The summed E-state index contributed by atoms with van der Waals surface area (Å²) < 4.78 is 19.1. The Bertz CT molecular complexity index is 1060. The molecule has 1 aliphatic carbocycles. The summed E-state index contributed by atoms with van der Waals surface area (Å²) in [6, 6.07) is 16.2. The first-order chi connectivity index (χ1) is 14.0. The van der Waals surface area contributed by atoms with Crippen molar-refractivity contribution in [2.24, 2.45) is 10.9 Å². The molecule has 1 aliphatic heterocycles. The maximum Gasteiger partial charge on any atom is 0.161 e. The molecule has 29 heavy (non-hydrogen) atoms. The van der Waals surface area contributed by atoms with Crippen molar-refractivity contribution in [3.63, 3.8) is 0 Å². The lowest BCUT2D eigenvalue weighted by molar-refractivity contribution is -0.116. The average molecular weight is 388 g/mol. The Hall–Kier alpha value is -3.26. The molecule has 1 heterocycles. The number of methoxy groups -OCH3 is 1. The number of benzene rings is 2. The van der Waals surface area contributed by atoms with Crippen LogP contribution in [0.1, 0.15) is 42.7 Å². The van der Waals surface area contributed by atoms with Crippen molar-refractivity contribution < 1.29 is 13.9 Å². The highest BCUT2D eigenvalue weighted by molar-refractivity contribution is 6.03. The van der Waals surface area contributed by atoms with Crippen LogP contribution < -0.4 is 4.74 Å². The third kappa shape index (κ3) is 3.47. The monoisotopic (exact) mass is 388 g/mol. The lowest BCUT2D eigenvalue weighted by Gasteiger charge is -2.35. The normalized spacial score (nSPS) is 23.9. The van der Waals surface area contributed by atoms with E-state index in [9.17, 15) is 14.4 Å². The molecule has 0 aromatic heterocycles. The van der Waals surface area contributed by atoms with Crippen LogP contribution >= 0.6 is 0 Å². The van der Waals surface area contributed by atoms with Gasteiger partial charge in [0.2, 0.25) is 0 Å². The number of aliphatic imine (C=N–C) groups is 1. The van der Waals surface area contributed by atoms with E-state index in [0.717, 1.165) is 17.0 Å². The van der Waals surface area contributed by atoms with Crippen molar-refractivity contribution in [1.82, 2.24) is 0 Å². The van der Waals surface area contributed by atoms with E-state index in [-0.39, 0.29) is 17.5 Å². The van der Waals surface area contributed by atoms with E-state index in [1.165, 1.54) is 12.1 Å². The third-order valence-corrected chi connectivity index (χ3v) is 5.82. The van der Waals surface area contributed by atoms with Crippen molar-refractivity contribution in [1.29, 1.82) is 5.26 Å². The summed E-state index contributed by atoms with van der Waals surface area (Å²) in [4.78, 5) is 17.9. The van der Waals surface area contributed by atoms with Crippen molar-refractivity contribution in [2.45, 2.75) is 31.6 Å². The van der Waals surface area contributed by atoms with Crippen LogP contribution in [0.25, 0.3) is 0 Å². The SMILES string of the molecule is COc1ccc([C@H]2CC(=O)C3=C(C2)N=C(C)C(C#N)[C@H]3c2cccc(F)c2)cc1. The van der Waals surface area contributed by atoms with Crippen molar-refractivity contribution >= 4 is 11.5 Å². The topological polar surface area (TPSA) is 62.4 Å². The molecule has 2 aromatic rings. The van der Waals surface area contributed by atoms with Gasteiger partial charge in [-0.05, 0) is 54.7 Å². The lowest BCUT2D eigenvalue weighted by atomic mass is 9.69. The molecule has 0 saturated carbocycles. The molecule has 4 nitrogen and oxygen atoms in total. The summed E-state index contributed by atoms with van der Waals surface area (Å²) in [5.41, 5.74) is 3.67. The molecule has 0 amide bonds. The van der Waals surface area contributed by atoms with Crippen LogP contribution in [0, 0.1) is 23.1 Å². The van der Waals surface area contributed by atoms with Gasteiger partial charge >= 0.3 is 0 Å². The maximum atomic E-state index is 13.9. The van der Waals surface area contributed by atoms with Gasteiger partial charge in [0.25, 0.3) is 0 Å². The molecule has 2 aromatic carbocycles. The summed E-state index contributed by atoms with van der Waals surface area (Å²) >= 11 is 0. The molecule has 0 spiro atoms. The first-order valence-corrected chi connectivity index (χ1v) is 9.62. The van der Waals surface area contributed by atoms with E-state index in [0.29, 0.717) is 29.7 Å². The van der Waals surface area contributed by atoms with Gasteiger partial charge in [-0.25, -0.2) is 4.39 Å². The minimum absolute atomic E-state index is 0.0159. The molecule has 0 fully saturated rings. The molecular formula is C24H21FN2O2. The van der Waals surface area contributed by atoms with Crippen LogP contribution in [0.3, 0.4) is 0 Å². The zero-order valence-electron chi connectivity index (χ0n) is 16.4. The number of carbonyl (C=O) groups is 1. The number of nitriles is 1. The first-order valence-electron chi connectivity index (χ1n) is 9.62. The fraction of sp³-hybridized carbons (Fsp3) is 0.292. The van der Waals surface area contributed by atoms with Crippen LogP contribution in [0.15, 0.2) is 64.8 Å². The van der Waals surface area contributed by atoms with Crippen LogP contribution in [-0.4, -0.2) is 18.6 Å². The second-order valence-electron chi connectivity index (χ2n) is 7.55. The molecule has 4 rings (SSSR count). The van der Waals surface area contributed by atoms with E-state index in [4.69, 9.17) is 4.74 Å². The largest absolute Gasteiger partial charge is 0.497 e. The van der Waals surface area contributed by atoms with E-state index in [1.807, 2.05) is 31.2 Å². The Balaban J connectivity index is 1.76. The van der Waals surface area contributed by atoms with E-state index in [2.05, 4.69) is 11.1 Å². The number of ketones is 1. The van der Waals surface area contributed by atoms with Gasteiger partial charge in [0.15, 0.2) is 5.78 Å². The van der Waals surface area contributed by atoms with Crippen LogP contribution in [-0.2, 0) is 4.79 Å². The molecule has 3 atom stereocenters. The van der Waals surface area contributed by atoms with Crippen molar-refractivity contribution in [3.05, 3.63) is 76.7 Å². The van der Waals surface area contributed by atoms with Gasteiger partial charge in [-0.3, -0.25) is 9.79 Å². The number of ether oxygens (including phenoxy) is 1. The number of Topliss-reactive ketones (excluding diaryl/α,β-unsaturated/α-hetero) is 1. The van der Waals surface area contributed by atoms with Crippen LogP contribution in [0.5, 0.6) is 5.75 Å². The molecule has 0 bridgehead atoms. The predicted octanol–water partition coefficient (Wildman–Crippen LogP) is 4.93. The number of hydrogen-bond donors (Lipinski definition) is 0. The zero-order valence-corrected chi connectivity index (χ0v) is 16.4. The number of allylic oxidation sites excluding steroid dienone is 2. The minimum Gasteiger partial charge on any atom is -0.497 e. The number of nitrogens with zero attached hydrogens (tertiary/aromatic N) is 2. The van der Waals surface area contributed by atoms with E-state index in [1.54, 1.807) is 19.2 Å². The smallest absolute Gasteiger partial charge is 0.161 e. The second-order valence-corrected chi connectivity index (χ2v) is 7.55. The van der Waals surface area contributed by atoms with E-state index < -0.39 is 11.8 Å². The van der Waals surface area contributed by atoms with Gasteiger partial charge in [-0.1, -0.05) is 24.3 Å². The molecule has 2 aliphatic rings. The zero-order chi connectivity index (χ0) is 20.5. The minimum atomic E-state index is -0.572. The predicted molar refractivity (Wildman–Crippen MR) is 108 cm³/mol. The third-order valence-electron chi connectivity index (χ3n) is 5.82. The van der Waals surface area contributed by atoms with Gasteiger partial charge in [-0.2, -0.15) is 5.26 Å². The molecule has 5 heteroatoms. The Labute approximate surface area is 169 Å². The van der Waals surface area contributed by atoms with E-state index >= 15 is 0 Å². The average Bonchev–Trinajstić information content (AvgIpc) is 2.72. The summed E-state index contributed by atoms with van der Waals surface area (Å²) in [5, 5.41) is 9.75. The van der Waals surface area contributed by atoms with Gasteiger partial charge in [0, 0.05) is 29.3 Å². The maximum absolute atomic E-state index is 13.9. The number of rotatable bonds is 3.